The van der Waals surface area contributed by atoms with E-state index in [4.69, 9.17) is 0 Å². The molecule has 0 aliphatic carbocycles. The summed E-state index contributed by atoms with van der Waals surface area (Å²) in [5.41, 5.74) is 2.31. The molecule has 0 aliphatic rings. The van der Waals surface area contributed by atoms with Gasteiger partial charge in [-0.15, -0.1) is 11.8 Å². The van der Waals surface area contributed by atoms with Crippen LogP contribution in [0.15, 0.2) is 17.2 Å². The number of nitrogens with zero attached hydrogens (tertiary/aromatic N) is 1. The van der Waals surface area contributed by atoms with Gasteiger partial charge in [0.15, 0.2) is 0 Å². The summed E-state index contributed by atoms with van der Waals surface area (Å²) >= 11 is 1.73. The molecule has 3 heteroatoms. The van der Waals surface area contributed by atoms with Crippen molar-refractivity contribution in [1.82, 2.24) is 4.98 Å². The summed E-state index contributed by atoms with van der Waals surface area (Å²) in [6.45, 7) is 5.72. The van der Waals surface area contributed by atoms with Gasteiger partial charge in [0.25, 0.3) is 0 Å². The number of hydrogen-bond donors (Lipinski definition) is 0. The van der Waals surface area contributed by atoms with Crippen LogP contribution < -0.4 is 0 Å². The second kappa shape index (κ2) is 5.91. The molecule has 0 saturated carbocycles. The standard InChI is InChI=1S/C12H17NOS/c1-9-7-10(2)13-12(8-9)15-6-4-5-11(3)14/h7-8H,4-6H2,1-3H3. The quantitative estimate of drug-likeness (QED) is 0.567. The van der Waals surface area contributed by atoms with Crippen molar-refractivity contribution < 1.29 is 4.79 Å². The van der Waals surface area contributed by atoms with Crippen LogP contribution in [0.2, 0.25) is 0 Å². The summed E-state index contributed by atoms with van der Waals surface area (Å²) in [5.74, 6) is 1.24. The van der Waals surface area contributed by atoms with E-state index in [1.807, 2.05) is 6.92 Å². The molecule has 2 nitrogen and oxygen atoms in total. The molecule has 0 spiro atoms. The molecule has 0 bridgehead atoms. The first-order valence-corrected chi connectivity index (χ1v) is 6.14. The molecule has 0 fully saturated rings. The predicted molar refractivity (Wildman–Crippen MR) is 64.4 cm³/mol. The smallest absolute Gasteiger partial charge is 0.129 e. The van der Waals surface area contributed by atoms with Gasteiger partial charge < -0.3 is 4.79 Å². The predicted octanol–water partition coefficient (Wildman–Crippen LogP) is 3.16. The summed E-state index contributed by atoms with van der Waals surface area (Å²) in [5, 5.41) is 1.07. The van der Waals surface area contributed by atoms with E-state index in [0.717, 1.165) is 22.9 Å². The minimum absolute atomic E-state index is 0.268. The minimum Gasteiger partial charge on any atom is -0.300 e. The normalized spacial score (nSPS) is 10.3. The lowest BCUT2D eigenvalue weighted by Gasteiger charge is -2.03. The average molecular weight is 223 g/mol. The number of pyridine rings is 1. The van der Waals surface area contributed by atoms with Crippen molar-refractivity contribution in [1.29, 1.82) is 0 Å². The van der Waals surface area contributed by atoms with Crippen LogP contribution in [-0.2, 0) is 4.79 Å². The monoisotopic (exact) mass is 223 g/mol. The molecule has 0 radical (unpaired) electrons. The Labute approximate surface area is 95.5 Å². The first kappa shape index (κ1) is 12.2. The molecule has 1 rings (SSSR count). The van der Waals surface area contributed by atoms with Gasteiger partial charge in [-0.2, -0.15) is 0 Å². The SMILES string of the molecule is CC(=O)CCCSc1cc(C)cc(C)n1. The van der Waals surface area contributed by atoms with Gasteiger partial charge in [-0.25, -0.2) is 4.98 Å². The number of rotatable bonds is 5. The zero-order chi connectivity index (χ0) is 11.3. The number of hydrogen-bond acceptors (Lipinski definition) is 3. The van der Waals surface area contributed by atoms with Gasteiger partial charge in [-0.1, -0.05) is 0 Å². The molecule has 0 aliphatic heterocycles. The zero-order valence-corrected chi connectivity index (χ0v) is 10.4. The van der Waals surface area contributed by atoms with Crippen molar-refractivity contribution in [3.63, 3.8) is 0 Å². The van der Waals surface area contributed by atoms with E-state index in [1.165, 1.54) is 5.56 Å². The molecule has 1 aromatic heterocycles. The van der Waals surface area contributed by atoms with Crippen molar-refractivity contribution in [2.45, 2.75) is 38.6 Å². The lowest BCUT2D eigenvalue weighted by Crippen LogP contribution is -1.92. The fraction of sp³-hybridized carbons (Fsp3) is 0.500. The fourth-order valence-electron chi connectivity index (χ4n) is 1.38. The second-order valence-corrected chi connectivity index (χ2v) is 4.89. The molecule has 0 amide bonds. The number of aryl methyl sites for hydroxylation is 2. The molecular formula is C12H17NOS. The summed E-state index contributed by atoms with van der Waals surface area (Å²) in [6.07, 6.45) is 1.62. The highest BCUT2D eigenvalue weighted by Gasteiger charge is 1.99. The molecule has 0 N–H and O–H groups in total. The van der Waals surface area contributed by atoms with E-state index in [1.54, 1.807) is 18.7 Å². The lowest BCUT2D eigenvalue weighted by atomic mass is 10.2. The van der Waals surface area contributed by atoms with Crippen LogP contribution in [0.4, 0.5) is 0 Å². The van der Waals surface area contributed by atoms with Crippen molar-refractivity contribution >= 4 is 17.5 Å². The first-order valence-electron chi connectivity index (χ1n) is 5.15. The first-order chi connectivity index (χ1) is 7.08. The van der Waals surface area contributed by atoms with E-state index in [9.17, 15) is 4.79 Å². The maximum Gasteiger partial charge on any atom is 0.129 e. The highest BCUT2D eigenvalue weighted by molar-refractivity contribution is 7.99. The van der Waals surface area contributed by atoms with Crippen LogP contribution in [0.5, 0.6) is 0 Å². The third-order valence-corrected chi connectivity index (χ3v) is 3.00. The summed E-state index contributed by atoms with van der Waals surface area (Å²) in [4.78, 5) is 15.2. The number of thioether (sulfide) groups is 1. The molecule has 1 aromatic rings. The maximum absolute atomic E-state index is 10.7. The van der Waals surface area contributed by atoms with Crippen molar-refractivity contribution in [2.24, 2.45) is 0 Å². The van der Waals surface area contributed by atoms with Crippen LogP contribution >= 0.6 is 11.8 Å². The number of carbonyl (C=O) groups excluding carboxylic acids is 1. The van der Waals surface area contributed by atoms with E-state index >= 15 is 0 Å². The molecule has 0 unspecified atom stereocenters. The largest absolute Gasteiger partial charge is 0.300 e. The van der Waals surface area contributed by atoms with E-state index in [0.29, 0.717) is 6.42 Å². The van der Waals surface area contributed by atoms with Crippen molar-refractivity contribution in [3.8, 4) is 0 Å². The summed E-state index contributed by atoms with van der Waals surface area (Å²) in [6, 6.07) is 4.16. The Morgan fingerprint density at radius 1 is 1.40 bits per heavy atom. The number of ketones is 1. The molecule has 1 heterocycles. The Morgan fingerprint density at radius 3 is 2.73 bits per heavy atom. The van der Waals surface area contributed by atoms with Gasteiger partial charge >= 0.3 is 0 Å². The van der Waals surface area contributed by atoms with Crippen LogP contribution in [0.3, 0.4) is 0 Å². The van der Waals surface area contributed by atoms with Gasteiger partial charge in [0.1, 0.15) is 5.78 Å². The highest BCUT2D eigenvalue weighted by atomic mass is 32.2. The average Bonchev–Trinajstić information content (AvgIpc) is 2.10. The van der Waals surface area contributed by atoms with Crippen LogP contribution in [0.1, 0.15) is 31.0 Å². The van der Waals surface area contributed by atoms with E-state index < -0.39 is 0 Å². The van der Waals surface area contributed by atoms with Gasteiger partial charge in [-0.3, -0.25) is 0 Å². The van der Waals surface area contributed by atoms with Gasteiger partial charge in [0, 0.05) is 12.1 Å². The van der Waals surface area contributed by atoms with E-state index in [2.05, 4.69) is 24.0 Å². The Bertz CT molecular complexity index is 329. The lowest BCUT2D eigenvalue weighted by molar-refractivity contribution is -0.117. The van der Waals surface area contributed by atoms with Gasteiger partial charge in [-0.05, 0) is 50.6 Å². The maximum atomic E-state index is 10.7. The molecule has 0 aromatic carbocycles. The Kier molecular flexibility index (Phi) is 4.82. The summed E-state index contributed by atoms with van der Waals surface area (Å²) in [7, 11) is 0. The molecule has 0 saturated heterocycles. The highest BCUT2D eigenvalue weighted by Crippen LogP contribution is 2.18. The van der Waals surface area contributed by atoms with Gasteiger partial charge in [0.05, 0.1) is 5.03 Å². The van der Waals surface area contributed by atoms with E-state index in [-0.39, 0.29) is 5.78 Å². The number of Topliss-reactive ketones (excluding diaryl/α,β-unsaturated/α-hetero) is 1. The molecule has 15 heavy (non-hydrogen) atoms. The minimum atomic E-state index is 0.268. The van der Waals surface area contributed by atoms with Crippen LogP contribution in [0, 0.1) is 13.8 Å². The molecule has 82 valence electrons. The molecular weight excluding hydrogens is 206 g/mol. The summed E-state index contributed by atoms with van der Waals surface area (Å²) < 4.78 is 0. The topological polar surface area (TPSA) is 30.0 Å². The second-order valence-electron chi connectivity index (χ2n) is 3.78. The Hall–Kier alpha value is -0.830. The van der Waals surface area contributed by atoms with Crippen LogP contribution in [0.25, 0.3) is 0 Å². The third-order valence-electron chi connectivity index (χ3n) is 2.00. The zero-order valence-electron chi connectivity index (χ0n) is 9.54. The number of aromatic nitrogens is 1. The molecule has 0 atom stereocenters. The fourth-order valence-corrected chi connectivity index (χ4v) is 2.35. The number of carbonyl (C=O) groups is 1. The Balaban J connectivity index is 2.40. The van der Waals surface area contributed by atoms with Crippen LogP contribution in [-0.4, -0.2) is 16.5 Å². The van der Waals surface area contributed by atoms with Gasteiger partial charge in [0.2, 0.25) is 0 Å². The van der Waals surface area contributed by atoms with Crippen molar-refractivity contribution in [3.05, 3.63) is 23.4 Å². The third kappa shape index (κ3) is 4.98. The van der Waals surface area contributed by atoms with Crippen molar-refractivity contribution in [2.75, 3.05) is 5.75 Å². The Morgan fingerprint density at radius 2 is 2.13 bits per heavy atom.